The van der Waals surface area contributed by atoms with Crippen molar-refractivity contribution in [2.45, 2.75) is 13.2 Å². The number of nitro benzene ring substituents is 1. The van der Waals surface area contributed by atoms with Crippen LogP contribution in [-0.2, 0) is 13.2 Å². The van der Waals surface area contributed by atoms with E-state index in [0.29, 0.717) is 17.9 Å². The van der Waals surface area contributed by atoms with Crippen LogP contribution in [0.5, 0.6) is 5.75 Å². The number of halogens is 2. The minimum absolute atomic E-state index is 0.0213. The summed E-state index contributed by atoms with van der Waals surface area (Å²) in [7, 11) is 0. The quantitative estimate of drug-likeness (QED) is 0.401. The monoisotopic (exact) mass is 430 g/mol. The van der Waals surface area contributed by atoms with Crippen molar-refractivity contribution in [2.24, 2.45) is 0 Å². The molecule has 1 N–H and O–H groups in total. The fraction of sp³-hybridized carbons (Fsp3) is 0.0952. The average molecular weight is 431 g/mol. The second-order valence-electron chi connectivity index (χ2n) is 6.11. The molecule has 3 rings (SSSR count). The average Bonchev–Trinajstić information content (AvgIpc) is 2.73. The predicted molar refractivity (Wildman–Crippen MR) is 112 cm³/mol. The lowest BCUT2D eigenvalue weighted by atomic mass is 10.1. The molecule has 0 aliphatic heterocycles. The van der Waals surface area contributed by atoms with Crippen LogP contribution in [0.3, 0.4) is 0 Å². The van der Waals surface area contributed by atoms with Crippen LogP contribution in [0.2, 0.25) is 10.0 Å². The second-order valence-corrected chi connectivity index (χ2v) is 6.89. The topological polar surface area (TPSA) is 81.5 Å². The summed E-state index contributed by atoms with van der Waals surface area (Å²) in [6.07, 6.45) is 0. The number of non-ortho nitro benzene ring substituents is 1. The molecule has 0 aliphatic carbocycles. The molecule has 1 amide bonds. The molecule has 0 bridgehead atoms. The number of ether oxygens (including phenoxy) is 1. The summed E-state index contributed by atoms with van der Waals surface area (Å²) in [5, 5.41) is 14.2. The van der Waals surface area contributed by atoms with Crippen molar-refractivity contribution in [2.75, 3.05) is 0 Å². The SMILES string of the molecule is O=C(NCc1cc([N+](=O)[O-])ccc1OCc1ccccc1)c1cccc(Cl)c1Cl. The van der Waals surface area contributed by atoms with E-state index in [-0.39, 0.29) is 27.8 Å². The number of amides is 1. The molecule has 0 atom stereocenters. The van der Waals surface area contributed by atoms with E-state index in [1.54, 1.807) is 18.2 Å². The van der Waals surface area contributed by atoms with Crippen molar-refractivity contribution < 1.29 is 14.5 Å². The molecule has 29 heavy (non-hydrogen) atoms. The van der Waals surface area contributed by atoms with Crippen molar-refractivity contribution in [3.05, 3.63) is 104 Å². The molecular weight excluding hydrogens is 415 g/mol. The van der Waals surface area contributed by atoms with Crippen molar-refractivity contribution >= 4 is 34.8 Å². The molecule has 8 heteroatoms. The lowest BCUT2D eigenvalue weighted by Crippen LogP contribution is -2.23. The molecule has 0 fully saturated rings. The summed E-state index contributed by atoms with van der Waals surface area (Å²) < 4.78 is 5.82. The molecule has 0 saturated carbocycles. The van der Waals surface area contributed by atoms with Gasteiger partial charge in [-0.1, -0.05) is 59.6 Å². The van der Waals surface area contributed by atoms with Crippen LogP contribution < -0.4 is 10.1 Å². The van der Waals surface area contributed by atoms with E-state index in [2.05, 4.69) is 5.32 Å². The number of nitrogens with zero attached hydrogens (tertiary/aromatic N) is 1. The van der Waals surface area contributed by atoms with Gasteiger partial charge in [-0.15, -0.1) is 0 Å². The van der Waals surface area contributed by atoms with Crippen molar-refractivity contribution in [1.82, 2.24) is 5.32 Å². The minimum atomic E-state index is -0.500. The smallest absolute Gasteiger partial charge is 0.270 e. The van der Waals surface area contributed by atoms with E-state index >= 15 is 0 Å². The molecule has 3 aromatic carbocycles. The number of nitro groups is 1. The molecule has 0 aliphatic rings. The predicted octanol–water partition coefficient (Wildman–Crippen LogP) is 5.41. The maximum Gasteiger partial charge on any atom is 0.270 e. The van der Waals surface area contributed by atoms with Gasteiger partial charge in [0.05, 0.1) is 20.5 Å². The minimum Gasteiger partial charge on any atom is -0.489 e. The zero-order chi connectivity index (χ0) is 20.8. The Bertz CT molecular complexity index is 1040. The van der Waals surface area contributed by atoms with Gasteiger partial charge in [0, 0.05) is 24.2 Å². The van der Waals surface area contributed by atoms with Crippen molar-refractivity contribution in [1.29, 1.82) is 0 Å². The highest BCUT2D eigenvalue weighted by Crippen LogP contribution is 2.27. The van der Waals surface area contributed by atoms with Gasteiger partial charge >= 0.3 is 0 Å². The van der Waals surface area contributed by atoms with E-state index in [0.717, 1.165) is 5.56 Å². The van der Waals surface area contributed by atoms with Gasteiger partial charge in [-0.25, -0.2) is 0 Å². The fourth-order valence-electron chi connectivity index (χ4n) is 2.64. The first-order valence-electron chi connectivity index (χ1n) is 8.62. The van der Waals surface area contributed by atoms with Gasteiger partial charge in [0.15, 0.2) is 0 Å². The fourth-order valence-corrected chi connectivity index (χ4v) is 3.03. The molecule has 3 aromatic rings. The maximum atomic E-state index is 12.5. The van der Waals surface area contributed by atoms with Crippen LogP contribution in [-0.4, -0.2) is 10.8 Å². The first kappa shape index (κ1) is 20.6. The Balaban J connectivity index is 1.78. The van der Waals surface area contributed by atoms with Crippen LogP contribution in [0.15, 0.2) is 66.7 Å². The second kappa shape index (κ2) is 9.41. The van der Waals surface area contributed by atoms with Crippen molar-refractivity contribution in [3.63, 3.8) is 0 Å². The van der Waals surface area contributed by atoms with Gasteiger partial charge in [-0.2, -0.15) is 0 Å². The molecule has 0 aromatic heterocycles. The maximum absolute atomic E-state index is 12.5. The van der Waals surface area contributed by atoms with Crippen LogP contribution in [0.25, 0.3) is 0 Å². The Labute approximate surface area is 177 Å². The Morgan fingerprint density at radius 3 is 2.52 bits per heavy atom. The summed E-state index contributed by atoms with van der Waals surface area (Å²) >= 11 is 12.0. The first-order chi connectivity index (χ1) is 14.0. The van der Waals surface area contributed by atoms with Gasteiger partial charge in [0.1, 0.15) is 12.4 Å². The summed E-state index contributed by atoms with van der Waals surface area (Å²) in [5.74, 6) is -0.00467. The van der Waals surface area contributed by atoms with E-state index < -0.39 is 10.8 Å². The zero-order valence-corrected chi connectivity index (χ0v) is 16.6. The Kier molecular flexibility index (Phi) is 6.69. The van der Waals surface area contributed by atoms with Crippen LogP contribution in [0, 0.1) is 10.1 Å². The molecular formula is C21H16Cl2N2O4. The number of hydrogen-bond acceptors (Lipinski definition) is 4. The molecule has 0 saturated heterocycles. The van der Waals surface area contributed by atoms with E-state index in [4.69, 9.17) is 27.9 Å². The number of rotatable bonds is 7. The van der Waals surface area contributed by atoms with Gasteiger partial charge in [-0.3, -0.25) is 14.9 Å². The molecule has 0 radical (unpaired) electrons. The molecule has 0 heterocycles. The highest BCUT2D eigenvalue weighted by molar-refractivity contribution is 6.43. The molecule has 0 unspecified atom stereocenters. The van der Waals surface area contributed by atoms with Gasteiger partial charge in [0.25, 0.3) is 11.6 Å². The highest BCUT2D eigenvalue weighted by atomic mass is 35.5. The summed E-state index contributed by atoms with van der Waals surface area (Å²) in [4.78, 5) is 23.1. The Hall–Kier alpha value is -3.09. The Morgan fingerprint density at radius 1 is 1.03 bits per heavy atom. The molecule has 0 spiro atoms. The summed E-state index contributed by atoms with van der Waals surface area (Å²) in [6.45, 7) is 0.313. The normalized spacial score (nSPS) is 10.4. The standard InChI is InChI=1S/C21H16Cl2N2O4/c22-18-8-4-7-17(20(18)23)21(26)24-12-15-11-16(25(27)28)9-10-19(15)29-13-14-5-2-1-3-6-14/h1-11H,12-13H2,(H,24,26). The molecule has 6 nitrogen and oxygen atoms in total. The summed E-state index contributed by atoms with van der Waals surface area (Å²) in [5.41, 5.74) is 1.55. The third-order valence-electron chi connectivity index (χ3n) is 4.13. The van der Waals surface area contributed by atoms with E-state index in [1.807, 2.05) is 30.3 Å². The number of hydrogen-bond donors (Lipinski definition) is 1. The number of benzene rings is 3. The highest BCUT2D eigenvalue weighted by Gasteiger charge is 2.16. The lowest BCUT2D eigenvalue weighted by molar-refractivity contribution is -0.384. The van der Waals surface area contributed by atoms with Crippen LogP contribution >= 0.6 is 23.2 Å². The summed E-state index contributed by atoms with van der Waals surface area (Å²) in [6, 6.07) is 18.5. The third kappa shape index (κ3) is 5.25. The van der Waals surface area contributed by atoms with E-state index in [1.165, 1.54) is 18.2 Å². The van der Waals surface area contributed by atoms with Crippen LogP contribution in [0.4, 0.5) is 5.69 Å². The number of carbonyl (C=O) groups excluding carboxylic acids is 1. The van der Waals surface area contributed by atoms with Gasteiger partial charge < -0.3 is 10.1 Å². The van der Waals surface area contributed by atoms with E-state index in [9.17, 15) is 14.9 Å². The van der Waals surface area contributed by atoms with Crippen LogP contribution in [0.1, 0.15) is 21.5 Å². The van der Waals surface area contributed by atoms with Gasteiger partial charge in [0.2, 0.25) is 0 Å². The largest absolute Gasteiger partial charge is 0.489 e. The number of nitrogens with one attached hydrogen (secondary N) is 1. The third-order valence-corrected chi connectivity index (χ3v) is 4.95. The number of carbonyl (C=O) groups is 1. The zero-order valence-electron chi connectivity index (χ0n) is 15.1. The first-order valence-corrected chi connectivity index (χ1v) is 9.37. The lowest BCUT2D eigenvalue weighted by Gasteiger charge is -2.13. The van der Waals surface area contributed by atoms with Crippen molar-refractivity contribution in [3.8, 4) is 5.75 Å². The molecule has 148 valence electrons. The Morgan fingerprint density at radius 2 is 1.79 bits per heavy atom. The van der Waals surface area contributed by atoms with Gasteiger partial charge in [-0.05, 0) is 23.8 Å².